The first-order valence-corrected chi connectivity index (χ1v) is 12.0. The minimum Gasteiger partial charge on any atom is -0.393 e. The molecule has 0 saturated heterocycles. The molecule has 0 aliphatic heterocycles. The fourth-order valence-corrected chi connectivity index (χ4v) is 6.08. The maximum atomic E-state index is 10.3. The summed E-state index contributed by atoms with van der Waals surface area (Å²) in [7, 11) is 0. The van der Waals surface area contributed by atoms with E-state index in [4.69, 9.17) is 4.11 Å². The van der Waals surface area contributed by atoms with Gasteiger partial charge in [0.05, 0.1) is 15.8 Å². The van der Waals surface area contributed by atoms with E-state index >= 15 is 0 Å². The van der Waals surface area contributed by atoms with Gasteiger partial charge in [-0.2, -0.15) is 0 Å². The fourth-order valence-electron chi connectivity index (χ4n) is 6.08. The Hall–Kier alpha value is -1.12. The predicted molar refractivity (Wildman–Crippen MR) is 127 cm³/mol. The lowest BCUT2D eigenvalue weighted by Crippen LogP contribution is -2.35. The zero-order valence-corrected chi connectivity index (χ0v) is 19.7. The summed E-state index contributed by atoms with van der Waals surface area (Å²) in [6.45, 7) is 10.3. The van der Waals surface area contributed by atoms with Crippen molar-refractivity contribution in [3.05, 3.63) is 47.5 Å². The molecule has 168 valence electrons. The van der Waals surface area contributed by atoms with Crippen molar-refractivity contribution in [3.8, 4) is 0 Å². The van der Waals surface area contributed by atoms with Gasteiger partial charge in [0.15, 0.2) is 0 Å². The molecule has 6 atom stereocenters. The van der Waals surface area contributed by atoms with Crippen LogP contribution in [0, 0.1) is 29.1 Å². The summed E-state index contributed by atoms with van der Waals surface area (Å²) < 4.78 is 24.4. The fraction of sp³-hybridized carbons (Fsp3) is 0.714. The van der Waals surface area contributed by atoms with Gasteiger partial charge in [-0.05, 0) is 94.0 Å². The molecule has 0 bridgehead atoms. The van der Waals surface area contributed by atoms with E-state index in [1.165, 1.54) is 18.4 Å². The van der Waals surface area contributed by atoms with Gasteiger partial charge in [0.2, 0.25) is 0 Å². The second-order valence-corrected chi connectivity index (χ2v) is 11.0. The Bertz CT molecular complexity index is 844. The van der Waals surface area contributed by atoms with Crippen molar-refractivity contribution in [2.75, 3.05) is 0 Å². The van der Waals surface area contributed by atoms with Crippen molar-refractivity contribution >= 4 is 0 Å². The van der Waals surface area contributed by atoms with Gasteiger partial charge >= 0.3 is 0 Å². The molecule has 3 aliphatic carbocycles. The molecule has 3 aliphatic rings. The maximum absolute atomic E-state index is 10.3. The van der Waals surface area contributed by atoms with E-state index in [1.54, 1.807) is 0 Å². The third kappa shape index (κ3) is 5.02. The molecule has 0 radical (unpaired) electrons. The van der Waals surface area contributed by atoms with E-state index in [0.29, 0.717) is 54.2 Å². The molecule has 3 rings (SSSR count). The molecule has 0 aromatic rings. The second kappa shape index (κ2) is 9.17. The lowest BCUT2D eigenvalue weighted by atomic mass is 9.61. The van der Waals surface area contributed by atoms with Crippen molar-refractivity contribution in [1.82, 2.24) is 0 Å². The molecule has 3 saturated carbocycles. The quantitative estimate of drug-likeness (QED) is 0.487. The van der Waals surface area contributed by atoms with E-state index in [9.17, 15) is 10.2 Å². The zero-order chi connectivity index (χ0) is 24.6. The molecule has 0 unspecified atom stereocenters. The number of aliphatic hydroxyl groups is 2. The van der Waals surface area contributed by atoms with Crippen LogP contribution in [0.3, 0.4) is 0 Å². The molecule has 0 aromatic carbocycles. The van der Waals surface area contributed by atoms with Crippen LogP contribution in [0.4, 0.5) is 0 Å². The SMILES string of the molecule is [2H]C([2H])=C1CC[C@H](O)C/C1=C([2H])\C=C1/CCC[C@]2(C)[C@@H]([C@H](C)C=C[C@H](C)C(C)(C)O)CC[C@@H]12. The molecule has 2 N–H and O–H groups in total. The predicted octanol–water partition coefficient (Wildman–Crippen LogP) is 6.76. The largest absolute Gasteiger partial charge is 0.393 e. The summed E-state index contributed by atoms with van der Waals surface area (Å²) in [5.74, 6) is 1.59. The molecule has 0 spiro atoms. The summed E-state index contributed by atoms with van der Waals surface area (Å²) in [5.41, 5.74) is 2.16. The van der Waals surface area contributed by atoms with Gasteiger partial charge in [0, 0.05) is 5.92 Å². The number of rotatable bonds is 5. The lowest BCUT2D eigenvalue weighted by molar-refractivity contribution is 0.0436. The number of hydrogen-bond donors (Lipinski definition) is 2. The average Bonchev–Trinajstić information content (AvgIpc) is 3.08. The molecule has 2 nitrogen and oxygen atoms in total. The smallest absolute Gasteiger partial charge is 0.0651 e. The van der Waals surface area contributed by atoms with E-state index in [0.717, 1.165) is 19.3 Å². The van der Waals surface area contributed by atoms with Crippen LogP contribution in [0.2, 0.25) is 0 Å². The maximum Gasteiger partial charge on any atom is 0.0651 e. The van der Waals surface area contributed by atoms with Gasteiger partial charge in [0.25, 0.3) is 0 Å². The molecular weight excluding hydrogens is 368 g/mol. The van der Waals surface area contributed by atoms with Crippen molar-refractivity contribution in [2.24, 2.45) is 29.1 Å². The summed E-state index contributed by atoms with van der Waals surface area (Å²) in [4.78, 5) is 0. The van der Waals surface area contributed by atoms with Crippen molar-refractivity contribution in [1.29, 1.82) is 0 Å². The van der Waals surface area contributed by atoms with E-state index in [1.807, 2.05) is 19.9 Å². The Labute approximate surface area is 189 Å². The molecular formula is C28H44O2. The molecule has 0 amide bonds. The molecule has 0 aromatic heterocycles. The van der Waals surface area contributed by atoms with E-state index < -0.39 is 11.7 Å². The first-order valence-electron chi connectivity index (χ1n) is 13.5. The zero-order valence-electron chi connectivity index (χ0n) is 22.7. The average molecular weight is 416 g/mol. The standard InChI is InChI=1S/C28H44O2/c1-19-10-14-24(29)18-23(19)13-12-22-8-7-17-28(6)25(15-16-26(22)28)20(2)9-11-21(3)27(4,5)30/h9,11-13,20-21,24-26,29-30H,1,7-8,10,14-18H2,2-6H3/b11-9?,22-12+,23-13+/t20-,21+,24+,25-,26+,28-/m1/s1/i1D2,13D. The van der Waals surface area contributed by atoms with Crippen LogP contribution in [0.15, 0.2) is 47.5 Å². The van der Waals surface area contributed by atoms with E-state index in [-0.39, 0.29) is 17.9 Å². The minimum atomic E-state index is -0.713. The van der Waals surface area contributed by atoms with Crippen molar-refractivity contribution < 1.29 is 14.3 Å². The third-order valence-corrected chi connectivity index (χ3v) is 8.45. The van der Waals surface area contributed by atoms with Gasteiger partial charge < -0.3 is 10.2 Å². The lowest BCUT2D eigenvalue weighted by Gasteiger charge is -2.44. The highest BCUT2D eigenvalue weighted by Crippen LogP contribution is 2.59. The van der Waals surface area contributed by atoms with Crippen LogP contribution in [-0.4, -0.2) is 21.9 Å². The normalized spacial score (nSPS) is 39.3. The van der Waals surface area contributed by atoms with Gasteiger partial charge in [-0.25, -0.2) is 0 Å². The van der Waals surface area contributed by atoms with Gasteiger partial charge in [-0.3, -0.25) is 0 Å². The van der Waals surface area contributed by atoms with Crippen LogP contribution >= 0.6 is 0 Å². The Balaban J connectivity index is 1.85. The highest BCUT2D eigenvalue weighted by Gasteiger charge is 2.50. The van der Waals surface area contributed by atoms with Crippen LogP contribution < -0.4 is 0 Å². The Morgan fingerprint density at radius 2 is 2.00 bits per heavy atom. The van der Waals surface area contributed by atoms with Crippen molar-refractivity contribution in [3.63, 3.8) is 0 Å². The van der Waals surface area contributed by atoms with Gasteiger partial charge in [0.1, 0.15) is 0 Å². The molecule has 0 heterocycles. The van der Waals surface area contributed by atoms with Gasteiger partial charge in [-0.1, -0.05) is 62.7 Å². The molecule has 2 heteroatoms. The van der Waals surface area contributed by atoms with Crippen LogP contribution in [-0.2, 0) is 0 Å². The summed E-state index contributed by atoms with van der Waals surface area (Å²) in [6.07, 6.45) is 13.2. The van der Waals surface area contributed by atoms with Crippen molar-refractivity contribution in [2.45, 2.75) is 97.7 Å². The van der Waals surface area contributed by atoms with Crippen LogP contribution in [0.1, 0.15) is 90.1 Å². The molecule has 30 heavy (non-hydrogen) atoms. The van der Waals surface area contributed by atoms with Crippen LogP contribution in [0.5, 0.6) is 0 Å². The monoisotopic (exact) mass is 415 g/mol. The number of fused-ring (bicyclic) bond motifs is 1. The van der Waals surface area contributed by atoms with Gasteiger partial charge in [-0.15, -0.1) is 0 Å². The summed E-state index contributed by atoms with van der Waals surface area (Å²) in [6, 6.07) is 0.399. The number of allylic oxidation sites excluding steroid dienone is 5. The Morgan fingerprint density at radius 3 is 2.70 bits per heavy atom. The number of aliphatic hydroxyl groups excluding tert-OH is 1. The second-order valence-electron chi connectivity index (χ2n) is 11.0. The minimum absolute atomic E-state index is 0.108. The molecule has 3 fully saturated rings. The highest BCUT2D eigenvalue weighted by atomic mass is 16.3. The van der Waals surface area contributed by atoms with Crippen LogP contribution in [0.25, 0.3) is 0 Å². The Morgan fingerprint density at radius 1 is 1.23 bits per heavy atom. The first kappa shape index (κ1) is 19.6. The Kier molecular flexibility index (Phi) is 5.98. The summed E-state index contributed by atoms with van der Waals surface area (Å²) in [5, 5.41) is 20.4. The first-order chi connectivity index (χ1) is 15.3. The topological polar surface area (TPSA) is 40.5 Å². The summed E-state index contributed by atoms with van der Waals surface area (Å²) >= 11 is 0. The third-order valence-electron chi connectivity index (χ3n) is 8.45. The van der Waals surface area contributed by atoms with E-state index in [2.05, 4.69) is 32.9 Å². The number of hydrogen-bond acceptors (Lipinski definition) is 2. The highest BCUT2D eigenvalue weighted by molar-refractivity contribution is 5.36.